The van der Waals surface area contributed by atoms with Crippen LogP contribution in [0.1, 0.15) is 31.0 Å². The minimum Gasteiger partial charge on any atom is -0.454 e. The molecule has 0 radical (unpaired) electrons. The standard InChI is InChI=1S/C21H27NO4/c1-15(2)21(17-6-4-3-5-7-17)22-11-18(23)13-24-12-16-8-9-19-20(10-16)26-14-25-19/h3-10,15,18,21-23H,11-14H2,1-2H3. The lowest BCUT2D eigenvalue weighted by Gasteiger charge is -2.24. The smallest absolute Gasteiger partial charge is 0.231 e. The third-order valence-electron chi connectivity index (χ3n) is 4.41. The van der Waals surface area contributed by atoms with Gasteiger partial charge in [-0.05, 0) is 29.2 Å². The molecule has 0 bridgehead atoms. The number of aliphatic hydroxyl groups is 1. The van der Waals surface area contributed by atoms with E-state index in [2.05, 4.69) is 31.3 Å². The van der Waals surface area contributed by atoms with Crippen LogP contribution in [-0.4, -0.2) is 31.2 Å². The minimum atomic E-state index is -0.561. The van der Waals surface area contributed by atoms with E-state index in [1.54, 1.807) is 0 Å². The summed E-state index contributed by atoms with van der Waals surface area (Å²) in [6.45, 7) is 5.81. The first-order chi connectivity index (χ1) is 12.6. The summed E-state index contributed by atoms with van der Waals surface area (Å²) in [6, 6.07) is 16.3. The van der Waals surface area contributed by atoms with Crippen molar-refractivity contribution in [3.05, 3.63) is 59.7 Å². The van der Waals surface area contributed by atoms with Crippen molar-refractivity contribution in [1.82, 2.24) is 5.32 Å². The molecular formula is C21H27NO4. The van der Waals surface area contributed by atoms with Gasteiger partial charge in [0, 0.05) is 12.6 Å². The predicted octanol–water partition coefficient (Wildman–Crippen LogP) is 3.28. The van der Waals surface area contributed by atoms with E-state index in [-0.39, 0.29) is 19.4 Å². The number of rotatable bonds is 9. The maximum Gasteiger partial charge on any atom is 0.231 e. The summed E-state index contributed by atoms with van der Waals surface area (Å²) in [4.78, 5) is 0. The van der Waals surface area contributed by atoms with E-state index in [9.17, 15) is 5.11 Å². The molecule has 3 rings (SSSR count). The normalized spacial score (nSPS) is 15.2. The van der Waals surface area contributed by atoms with Gasteiger partial charge in [-0.1, -0.05) is 50.2 Å². The van der Waals surface area contributed by atoms with Gasteiger partial charge in [0.15, 0.2) is 11.5 Å². The van der Waals surface area contributed by atoms with Gasteiger partial charge < -0.3 is 24.6 Å². The SMILES string of the molecule is CC(C)C(NCC(O)COCc1ccc2c(c1)OCO2)c1ccccc1. The highest BCUT2D eigenvalue weighted by molar-refractivity contribution is 5.44. The number of aliphatic hydroxyl groups excluding tert-OH is 1. The molecule has 2 unspecified atom stereocenters. The minimum absolute atomic E-state index is 0.208. The molecule has 26 heavy (non-hydrogen) atoms. The molecule has 0 fully saturated rings. The van der Waals surface area contributed by atoms with Crippen LogP contribution in [-0.2, 0) is 11.3 Å². The van der Waals surface area contributed by atoms with Gasteiger partial charge in [-0.25, -0.2) is 0 Å². The van der Waals surface area contributed by atoms with Gasteiger partial charge in [0.25, 0.3) is 0 Å². The van der Waals surface area contributed by atoms with Crippen LogP contribution < -0.4 is 14.8 Å². The molecule has 5 nitrogen and oxygen atoms in total. The van der Waals surface area contributed by atoms with Crippen molar-refractivity contribution in [3.8, 4) is 11.5 Å². The third-order valence-corrected chi connectivity index (χ3v) is 4.41. The maximum absolute atomic E-state index is 10.2. The summed E-state index contributed by atoms with van der Waals surface area (Å²) in [5.41, 5.74) is 2.23. The summed E-state index contributed by atoms with van der Waals surface area (Å²) >= 11 is 0. The lowest BCUT2D eigenvalue weighted by atomic mass is 9.96. The summed E-state index contributed by atoms with van der Waals surface area (Å²) < 4.78 is 16.3. The molecule has 5 heteroatoms. The number of hydrogen-bond donors (Lipinski definition) is 2. The number of benzene rings is 2. The maximum atomic E-state index is 10.2. The van der Waals surface area contributed by atoms with Crippen LogP contribution in [0.5, 0.6) is 11.5 Å². The molecule has 2 atom stereocenters. The lowest BCUT2D eigenvalue weighted by Crippen LogP contribution is -2.35. The molecule has 2 N–H and O–H groups in total. The zero-order valence-corrected chi connectivity index (χ0v) is 15.4. The van der Waals surface area contributed by atoms with E-state index in [1.807, 2.05) is 36.4 Å². The molecule has 0 aliphatic carbocycles. The second-order valence-electron chi connectivity index (χ2n) is 6.90. The highest BCUT2D eigenvalue weighted by atomic mass is 16.7. The fourth-order valence-electron chi connectivity index (χ4n) is 3.06. The Bertz CT molecular complexity index is 690. The summed E-state index contributed by atoms with van der Waals surface area (Å²) in [5.74, 6) is 1.94. The Morgan fingerprint density at radius 3 is 2.62 bits per heavy atom. The van der Waals surface area contributed by atoms with Crippen molar-refractivity contribution < 1.29 is 19.3 Å². The van der Waals surface area contributed by atoms with Crippen molar-refractivity contribution in [1.29, 1.82) is 0 Å². The van der Waals surface area contributed by atoms with Crippen molar-refractivity contribution in [3.63, 3.8) is 0 Å². The Balaban J connectivity index is 1.43. The third kappa shape index (κ3) is 4.97. The molecule has 0 saturated carbocycles. The molecule has 2 aromatic carbocycles. The molecule has 1 heterocycles. The fraction of sp³-hybridized carbons (Fsp3) is 0.429. The van der Waals surface area contributed by atoms with Gasteiger partial charge in [-0.2, -0.15) is 0 Å². The average molecular weight is 357 g/mol. The summed E-state index contributed by atoms with van der Waals surface area (Å²) in [5, 5.41) is 13.7. The van der Waals surface area contributed by atoms with Gasteiger partial charge in [0.2, 0.25) is 6.79 Å². The zero-order chi connectivity index (χ0) is 18.4. The van der Waals surface area contributed by atoms with Crippen molar-refractivity contribution in [2.45, 2.75) is 32.6 Å². The van der Waals surface area contributed by atoms with E-state index in [0.29, 0.717) is 19.1 Å². The zero-order valence-electron chi connectivity index (χ0n) is 15.4. The number of fused-ring (bicyclic) bond motifs is 1. The molecule has 0 saturated heterocycles. The van der Waals surface area contributed by atoms with Crippen LogP contribution in [0.15, 0.2) is 48.5 Å². The van der Waals surface area contributed by atoms with Gasteiger partial charge in [-0.3, -0.25) is 0 Å². The molecule has 140 valence electrons. The Morgan fingerprint density at radius 2 is 1.85 bits per heavy atom. The topological polar surface area (TPSA) is 60.0 Å². The van der Waals surface area contributed by atoms with E-state index in [4.69, 9.17) is 14.2 Å². The Kier molecular flexibility index (Phi) is 6.50. The monoisotopic (exact) mass is 357 g/mol. The number of nitrogens with one attached hydrogen (secondary N) is 1. The molecule has 1 aliphatic rings. The number of ether oxygens (including phenoxy) is 3. The Morgan fingerprint density at radius 1 is 1.08 bits per heavy atom. The molecule has 2 aromatic rings. The first-order valence-electron chi connectivity index (χ1n) is 9.06. The van der Waals surface area contributed by atoms with Crippen molar-refractivity contribution in [2.24, 2.45) is 5.92 Å². The summed E-state index contributed by atoms with van der Waals surface area (Å²) in [6.07, 6.45) is -0.561. The van der Waals surface area contributed by atoms with E-state index in [1.165, 1.54) is 5.56 Å². The highest BCUT2D eigenvalue weighted by Gasteiger charge is 2.17. The second kappa shape index (κ2) is 9.03. The number of hydrogen-bond acceptors (Lipinski definition) is 5. The van der Waals surface area contributed by atoms with E-state index in [0.717, 1.165) is 17.1 Å². The average Bonchev–Trinajstić information content (AvgIpc) is 3.10. The second-order valence-corrected chi connectivity index (χ2v) is 6.90. The lowest BCUT2D eigenvalue weighted by molar-refractivity contribution is 0.0268. The molecule has 0 spiro atoms. The predicted molar refractivity (Wildman–Crippen MR) is 100 cm³/mol. The van der Waals surface area contributed by atoms with Gasteiger partial charge in [0.1, 0.15) is 0 Å². The van der Waals surface area contributed by atoms with Crippen LogP contribution in [0, 0.1) is 5.92 Å². The van der Waals surface area contributed by atoms with Gasteiger partial charge in [0.05, 0.1) is 19.3 Å². The van der Waals surface area contributed by atoms with E-state index < -0.39 is 6.10 Å². The molecule has 0 aromatic heterocycles. The van der Waals surface area contributed by atoms with Crippen LogP contribution in [0.3, 0.4) is 0 Å². The fourth-order valence-corrected chi connectivity index (χ4v) is 3.06. The highest BCUT2D eigenvalue weighted by Crippen LogP contribution is 2.32. The van der Waals surface area contributed by atoms with Crippen molar-refractivity contribution >= 4 is 0 Å². The Labute approximate surface area is 154 Å². The van der Waals surface area contributed by atoms with Crippen molar-refractivity contribution in [2.75, 3.05) is 19.9 Å². The first kappa shape index (κ1) is 18.7. The molecule has 0 amide bonds. The molecule has 1 aliphatic heterocycles. The van der Waals surface area contributed by atoms with Crippen LogP contribution in [0.2, 0.25) is 0 Å². The largest absolute Gasteiger partial charge is 0.454 e. The van der Waals surface area contributed by atoms with Gasteiger partial charge >= 0.3 is 0 Å². The van der Waals surface area contributed by atoms with Crippen LogP contribution >= 0.6 is 0 Å². The quantitative estimate of drug-likeness (QED) is 0.721. The first-order valence-corrected chi connectivity index (χ1v) is 9.06. The van der Waals surface area contributed by atoms with Gasteiger partial charge in [-0.15, -0.1) is 0 Å². The van der Waals surface area contributed by atoms with E-state index >= 15 is 0 Å². The molecular weight excluding hydrogens is 330 g/mol. The van der Waals surface area contributed by atoms with Crippen LogP contribution in [0.25, 0.3) is 0 Å². The Hall–Kier alpha value is -2.08. The van der Waals surface area contributed by atoms with Crippen LogP contribution in [0.4, 0.5) is 0 Å². The summed E-state index contributed by atoms with van der Waals surface area (Å²) in [7, 11) is 0.